The lowest BCUT2D eigenvalue weighted by atomic mass is 9.98. The molecule has 6 rings (SSSR count). The lowest BCUT2D eigenvalue weighted by Gasteiger charge is -2.21. The molecule has 2 aromatic carbocycles. The van der Waals surface area contributed by atoms with E-state index in [-0.39, 0.29) is 16.3 Å². The molecule has 3 heterocycles. The van der Waals surface area contributed by atoms with E-state index in [0.29, 0.717) is 45.1 Å². The fraction of sp³-hybridized carbons (Fsp3) is 0.143. The first kappa shape index (κ1) is 25.2. The van der Waals surface area contributed by atoms with Crippen molar-refractivity contribution in [2.24, 2.45) is 0 Å². The zero-order valence-corrected chi connectivity index (χ0v) is 21.4. The number of fused-ring (bicyclic) bond motifs is 1. The number of nitrogens with one attached hydrogen (secondary N) is 2. The molecule has 40 heavy (non-hydrogen) atoms. The number of pyridine rings is 2. The molecule has 2 N–H and O–H groups in total. The van der Waals surface area contributed by atoms with E-state index >= 15 is 0 Å². The van der Waals surface area contributed by atoms with Crippen LogP contribution < -0.4 is 10.6 Å². The fourth-order valence-corrected chi connectivity index (χ4v) is 4.73. The zero-order chi connectivity index (χ0) is 27.8. The fourth-order valence-electron chi connectivity index (χ4n) is 4.46. The number of aromatic nitrogens is 5. The summed E-state index contributed by atoms with van der Waals surface area (Å²) in [5.41, 5.74) is 3.28. The van der Waals surface area contributed by atoms with Crippen LogP contribution in [0.3, 0.4) is 0 Å². The summed E-state index contributed by atoms with van der Waals surface area (Å²) < 4.78 is 29.1. The van der Waals surface area contributed by atoms with Crippen LogP contribution in [0.1, 0.15) is 47.3 Å². The summed E-state index contributed by atoms with van der Waals surface area (Å²) in [4.78, 5) is 7.74. The quantitative estimate of drug-likeness (QED) is 0.229. The second-order valence-electron chi connectivity index (χ2n) is 9.27. The number of anilines is 3. The smallest absolute Gasteiger partial charge is 0.249 e. The molecule has 0 saturated heterocycles. The molecular formula is C28H18ClF2N9. The lowest BCUT2D eigenvalue weighted by Crippen LogP contribution is -2.14. The van der Waals surface area contributed by atoms with E-state index in [1.165, 1.54) is 6.20 Å². The van der Waals surface area contributed by atoms with Gasteiger partial charge in [-0.3, -0.25) is 4.98 Å². The maximum absolute atomic E-state index is 13.9. The molecule has 0 aliphatic heterocycles. The second kappa shape index (κ2) is 10.2. The molecule has 1 atom stereocenters. The molecule has 0 bridgehead atoms. The van der Waals surface area contributed by atoms with Gasteiger partial charge in [0.2, 0.25) is 5.95 Å². The van der Waals surface area contributed by atoms with Gasteiger partial charge < -0.3 is 10.6 Å². The summed E-state index contributed by atoms with van der Waals surface area (Å²) in [6.45, 7) is 0. The summed E-state index contributed by atoms with van der Waals surface area (Å²) >= 11 is 6.65. The predicted molar refractivity (Wildman–Crippen MR) is 144 cm³/mol. The number of halogens is 3. The van der Waals surface area contributed by atoms with E-state index in [4.69, 9.17) is 11.6 Å². The van der Waals surface area contributed by atoms with E-state index < -0.39 is 17.8 Å². The van der Waals surface area contributed by atoms with Crippen LogP contribution in [-0.4, -0.2) is 25.0 Å². The number of hydrogen-bond donors (Lipinski definition) is 2. The SMILES string of the molecule is N#Cc1ccccc1C(Nc1cc(Cl)c2ncc(C#N)c(Nc3cnc(F)c(F)c3)c2c1)c1cn(C2CC2)nn1. The van der Waals surface area contributed by atoms with Crippen molar-refractivity contribution in [2.45, 2.75) is 24.9 Å². The van der Waals surface area contributed by atoms with Crippen LogP contribution in [0.5, 0.6) is 0 Å². The van der Waals surface area contributed by atoms with Crippen molar-refractivity contribution in [1.29, 1.82) is 10.5 Å². The van der Waals surface area contributed by atoms with Gasteiger partial charge in [-0.15, -0.1) is 5.10 Å². The van der Waals surface area contributed by atoms with Crippen LogP contribution >= 0.6 is 11.6 Å². The van der Waals surface area contributed by atoms with Gasteiger partial charge in [-0.2, -0.15) is 14.9 Å². The molecule has 1 unspecified atom stereocenters. The van der Waals surface area contributed by atoms with Crippen LogP contribution in [0.4, 0.5) is 25.8 Å². The Balaban J connectivity index is 1.46. The van der Waals surface area contributed by atoms with Gasteiger partial charge in [0.25, 0.3) is 0 Å². The molecule has 1 fully saturated rings. The van der Waals surface area contributed by atoms with E-state index in [9.17, 15) is 19.3 Å². The first-order valence-corrected chi connectivity index (χ1v) is 12.6. The molecule has 0 spiro atoms. The number of benzene rings is 2. The summed E-state index contributed by atoms with van der Waals surface area (Å²) in [6.07, 6.45) is 6.40. The lowest BCUT2D eigenvalue weighted by molar-refractivity contribution is 0.480. The second-order valence-corrected chi connectivity index (χ2v) is 9.67. The molecule has 0 radical (unpaired) electrons. The predicted octanol–water partition coefficient (Wildman–Crippen LogP) is 6.18. The van der Waals surface area contributed by atoms with Crippen molar-refractivity contribution in [3.05, 3.63) is 100 Å². The van der Waals surface area contributed by atoms with Gasteiger partial charge in [0.15, 0.2) is 5.82 Å². The van der Waals surface area contributed by atoms with Crippen molar-refractivity contribution in [2.75, 3.05) is 10.6 Å². The van der Waals surface area contributed by atoms with Crippen LogP contribution in [0.25, 0.3) is 10.9 Å². The van der Waals surface area contributed by atoms with Gasteiger partial charge in [0.1, 0.15) is 11.8 Å². The van der Waals surface area contributed by atoms with Gasteiger partial charge in [-0.05, 0) is 36.6 Å². The molecular weight excluding hydrogens is 536 g/mol. The molecule has 1 aliphatic rings. The third-order valence-electron chi connectivity index (χ3n) is 6.56. The largest absolute Gasteiger partial charge is 0.373 e. The Morgan fingerprint density at radius 1 is 1.00 bits per heavy atom. The minimum atomic E-state index is -1.23. The Bertz CT molecular complexity index is 1850. The van der Waals surface area contributed by atoms with Gasteiger partial charge >= 0.3 is 0 Å². The van der Waals surface area contributed by atoms with Crippen LogP contribution in [0, 0.1) is 34.4 Å². The average molecular weight is 554 g/mol. The molecule has 5 aromatic rings. The van der Waals surface area contributed by atoms with E-state index in [1.54, 1.807) is 24.3 Å². The van der Waals surface area contributed by atoms with Crippen molar-refractivity contribution in [3.8, 4) is 12.1 Å². The van der Waals surface area contributed by atoms with Crippen LogP contribution in [0.15, 0.2) is 61.1 Å². The molecule has 0 amide bonds. The minimum Gasteiger partial charge on any atom is -0.373 e. The molecule has 3 aromatic heterocycles. The van der Waals surface area contributed by atoms with Crippen molar-refractivity contribution >= 4 is 39.6 Å². The number of nitriles is 2. The molecule has 196 valence electrons. The standard InChI is InChI=1S/C28H18ClF2N9/c29-22-8-17(7-21-25(16(11-33)12-34-26(21)22)37-18-9-23(30)28(31)35-13-18)36-27(20-4-2-1-3-15(20)10-32)24-14-40(39-38-24)19-5-6-19/h1-4,7-9,12-14,19,27,36H,5-6H2,(H,34,37). The monoisotopic (exact) mass is 553 g/mol. The Morgan fingerprint density at radius 3 is 2.55 bits per heavy atom. The van der Waals surface area contributed by atoms with Gasteiger partial charge in [0, 0.05) is 23.3 Å². The summed E-state index contributed by atoms with van der Waals surface area (Å²) in [5, 5.41) is 35.4. The van der Waals surface area contributed by atoms with Gasteiger partial charge in [0.05, 0.1) is 63.6 Å². The molecule has 9 nitrogen and oxygen atoms in total. The summed E-state index contributed by atoms with van der Waals surface area (Å²) in [6, 6.07) is 15.6. The molecule has 1 aliphatic carbocycles. The van der Waals surface area contributed by atoms with E-state index in [2.05, 4.69) is 43.1 Å². The highest BCUT2D eigenvalue weighted by molar-refractivity contribution is 6.36. The Kier molecular flexibility index (Phi) is 6.42. The topological polar surface area (TPSA) is 128 Å². The number of rotatable bonds is 7. The Morgan fingerprint density at radius 2 is 1.80 bits per heavy atom. The number of hydrogen-bond acceptors (Lipinski definition) is 8. The average Bonchev–Trinajstić information content (AvgIpc) is 3.70. The van der Waals surface area contributed by atoms with Gasteiger partial charge in [-0.1, -0.05) is 35.0 Å². The highest BCUT2D eigenvalue weighted by Gasteiger charge is 2.28. The van der Waals surface area contributed by atoms with E-state index in [1.807, 2.05) is 23.0 Å². The Hall–Kier alpha value is -5.13. The third-order valence-corrected chi connectivity index (χ3v) is 6.85. The van der Waals surface area contributed by atoms with E-state index in [0.717, 1.165) is 25.1 Å². The minimum absolute atomic E-state index is 0.134. The normalized spacial score (nSPS) is 13.4. The van der Waals surface area contributed by atoms with Crippen LogP contribution in [0.2, 0.25) is 5.02 Å². The highest BCUT2D eigenvalue weighted by Crippen LogP contribution is 2.38. The third kappa shape index (κ3) is 4.75. The van der Waals surface area contributed by atoms with Crippen LogP contribution in [-0.2, 0) is 0 Å². The zero-order valence-electron chi connectivity index (χ0n) is 20.6. The molecule has 1 saturated carbocycles. The van der Waals surface area contributed by atoms with Crippen molar-refractivity contribution < 1.29 is 8.78 Å². The Labute approximate surface area is 231 Å². The van der Waals surface area contributed by atoms with Crippen molar-refractivity contribution in [1.82, 2.24) is 25.0 Å². The first-order valence-electron chi connectivity index (χ1n) is 12.2. The highest BCUT2D eigenvalue weighted by atomic mass is 35.5. The summed E-state index contributed by atoms with van der Waals surface area (Å²) in [7, 11) is 0. The number of nitrogens with zero attached hydrogens (tertiary/aromatic N) is 7. The maximum Gasteiger partial charge on any atom is 0.249 e. The summed E-state index contributed by atoms with van der Waals surface area (Å²) in [5.74, 6) is -2.37. The van der Waals surface area contributed by atoms with Gasteiger partial charge in [-0.25, -0.2) is 14.1 Å². The van der Waals surface area contributed by atoms with Crippen molar-refractivity contribution in [3.63, 3.8) is 0 Å². The first-order chi connectivity index (χ1) is 19.4. The molecule has 12 heteroatoms. The maximum atomic E-state index is 13.9.